The van der Waals surface area contributed by atoms with E-state index in [0.717, 1.165) is 31.0 Å². The lowest BCUT2D eigenvalue weighted by Crippen LogP contribution is -2.44. The molecule has 0 radical (unpaired) electrons. The number of anilines is 1. The van der Waals surface area contributed by atoms with Crippen LogP contribution in [0.2, 0.25) is 0 Å². The Morgan fingerprint density at radius 1 is 1.37 bits per heavy atom. The van der Waals surface area contributed by atoms with E-state index in [-0.39, 0.29) is 17.4 Å². The van der Waals surface area contributed by atoms with Crippen molar-refractivity contribution in [1.29, 1.82) is 0 Å². The molecule has 1 amide bonds. The van der Waals surface area contributed by atoms with Crippen molar-refractivity contribution in [2.24, 2.45) is 5.92 Å². The highest BCUT2D eigenvalue weighted by atomic mass is 16.2. The van der Waals surface area contributed by atoms with Crippen LogP contribution in [0, 0.1) is 12.8 Å². The number of carbonyl (C=O) groups excluding carboxylic acids is 1. The van der Waals surface area contributed by atoms with Gasteiger partial charge >= 0.3 is 0 Å². The van der Waals surface area contributed by atoms with Crippen LogP contribution in [0.1, 0.15) is 32.9 Å². The smallest absolute Gasteiger partial charge is 0.225 e. The van der Waals surface area contributed by atoms with Crippen molar-refractivity contribution in [2.45, 2.75) is 39.7 Å². The molecule has 1 N–H and O–H groups in total. The summed E-state index contributed by atoms with van der Waals surface area (Å²) in [6.45, 7) is 9.55. The van der Waals surface area contributed by atoms with E-state index in [0.29, 0.717) is 0 Å². The normalized spacial score (nSPS) is 19.6. The van der Waals surface area contributed by atoms with Gasteiger partial charge in [0.1, 0.15) is 5.82 Å². The summed E-state index contributed by atoms with van der Waals surface area (Å²) in [6.07, 6.45) is 4.27. The summed E-state index contributed by atoms with van der Waals surface area (Å²) in [5.74, 6) is 1.07. The molecule has 2 rings (SSSR count). The van der Waals surface area contributed by atoms with Crippen LogP contribution in [0.5, 0.6) is 0 Å². The lowest BCUT2D eigenvalue weighted by Gasteiger charge is -2.23. The van der Waals surface area contributed by atoms with Crippen LogP contribution in [-0.4, -0.2) is 34.5 Å². The summed E-state index contributed by atoms with van der Waals surface area (Å²) in [5.41, 5.74) is 0.742. The molecule has 1 atom stereocenters. The molecule has 2 heterocycles. The highest BCUT2D eigenvalue weighted by molar-refractivity contribution is 5.80. The van der Waals surface area contributed by atoms with Gasteiger partial charge in [0.05, 0.1) is 11.6 Å². The van der Waals surface area contributed by atoms with Crippen LogP contribution in [0.15, 0.2) is 12.4 Å². The number of amides is 1. The summed E-state index contributed by atoms with van der Waals surface area (Å²) >= 11 is 0. The van der Waals surface area contributed by atoms with Crippen LogP contribution in [-0.2, 0) is 4.79 Å². The number of hydrogen-bond donors (Lipinski definition) is 1. The van der Waals surface area contributed by atoms with Gasteiger partial charge in [-0.25, -0.2) is 4.98 Å². The third kappa shape index (κ3) is 3.43. The largest absolute Gasteiger partial charge is 0.354 e. The third-order valence-electron chi connectivity index (χ3n) is 3.21. The molecular formula is C14H22N4O. The molecular weight excluding hydrogens is 240 g/mol. The zero-order chi connectivity index (χ0) is 14.0. The Morgan fingerprint density at radius 2 is 2.05 bits per heavy atom. The zero-order valence-corrected chi connectivity index (χ0v) is 12.1. The molecule has 19 heavy (non-hydrogen) atoms. The summed E-state index contributed by atoms with van der Waals surface area (Å²) in [7, 11) is 0. The fourth-order valence-corrected chi connectivity index (χ4v) is 2.35. The van der Waals surface area contributed by atoms with Crippen molar-refractivity contribution in [1.82, 2.24) is 15.3 Å². The Morgan fingerprint density at radius 3 is 2.68 bits per heavy atom. The molecule has 104 valence electrons. The number of carbonyl (C=O) groups is 1. The number of hydrogen-bond acceptors (Lipinski definition) is 4. The van der Waals surface area contributed by atoms with E-state index in [9.17, 15) is 4.79 Å². The van der Waals surface area contributed by atoms with E-state index in [1.807, 2.05) is 27.7 Å². The van der Waals surface area contributed by atoms with Gasteiger partial charge in [0.25, 0.3) is 0 Å². The van der Waals surface area contributed by atoms with E-state index in [1.165, 1.54) is 0 Å². The Labute approximate surface area is 114 Å². The second kappa shape index (κ2) is 5.15. The molecule has 5 nitrogen and oxygen atoms in total. The summed E-state index contributed by atoms with van der Waals surface area (Å²) < 4.78 is 0. The van der Waals surface area contributed by atoms with Crippen LogP contribution in [0.25, 0.3) is 0 Å². The first-order chi connectivity index (χ1) is 8.87. The SMILES string of the molecule is Cc1nccnc1N1CCC(C(=O)NC(C)(C)C)C1. The van der Waals surface area contributed by atoms with Crippen LogP contribution >= 0.6 is 0 Å². The van der Waals surface area contributed by atoms with Gasteiger partial charge in [0.15, 0.2) is 0 Å². The second-order valence-electron chi connectivity index (χ2n) is 6.14. The molecule has 0 saturated carbocycles. The molecule has 1 aromatic rings. The van der Waals surface area contributed by atoms with E-state index in [1.54, 1.807) is 12.4 Å². The quantitative estimate of drug-likeness (QED) is 0.878. The van der Waals surface area contributed by atoms with Gasteiger partial charge in [-0.2, -0.15) is 0 Å². The Balaban J connectivity index is 2.01. The fourth-order valence-electron chi connectivity index (χ4n) is 2.35. The maximum Gasteiger partial charge on any atom is 0.225 e. The Kier molecular flexibility index (Phi) is 3.73. The van der Waals surface area contributed by atoms with Crippen LogP contribution < -0.4 is 10.2 Å². The second-order valence-corrected chi connectivity index (χ2v) is 6.14. The lowest BCUT2D eigenvalue weighted by molar-refractivity contribution is -0.125. The maximum atomic E-state index is 12.1. The molecule has 0 aromatic carbocycles. The molecule has 1 aliphatic rings. The molecule has 0 aliphatic carbocycles. The van der Waals surface area contributed by atoms with Crippen molar-refractivity contribution in [2.75, 3.05) is 18.0 Å². The van der Waals surface area contributed by atoms with Crippen molar-refractivity contribution >= 4 is 11.7 Å². The highest BCUT2D eigenvalue weighted by Crippen LogP contribution is 2.24. The minimum atomic E-state index is -0.174. The Hall–Kier alpha value is -1.65. The van der Waals surface area contributed by atoms with Crippen molar-refractivity contribution in [3.8, 4) is 0 Å². The van der Waals surface area contributed by atoms with E-state index in [4.69, 9.17) is 0 Å². The van der Waals surface area contributed by atoms with Gasteiger partial charge in [0.2, 0.25) is 5.91 Å². The highest BCUT2D eigenvalue weighted by Gasteiger charge is 2.31. The van der Waals surface area contributed by atoms with Gasteiger partial charge < -0.3 is 10.2 Å². The average molecular weight is 262 g/mol. The van der Waals surface area contributed by atoms with Gasteiger partial charge in [0, 0.05) is 31.0 Å². The number of nitrogens with one attached hydrogen (secondary N) is 1. The number of aromatic nitrogens is 2. The zero-order valence-electron chi connectivity index (χ0n) is 12.1. The van der Waals surface area contributed by atoms with Gasteiger partial charge in [-0.05, 0) is 34.1 Å². The minimum absolute atomic E-state index is 0.0423. The Bertz CT molecular complexity index is 467. The van der Waals surface area contributed by atoms with Gasteiger partial charge in [-0.1, -0.05) is 0 Å². The molecule has 0 bridgehead atoms. The molecule has 1 aromatic heterocycles. The molecule has 0 spiro atoms. The van der Waals surface area contributed by atoms with Crippen LogP contribution in [0.3, 0.4) is 0 Å². The summed E-state index contributed by atoms with van der Waals surface area (Å²) in [6, 6.07) is 0. The van der Waals surface area contributed by atoms with Crippen molar-refractivity contribution < 1.29 is 4.79 Å². The van der Waals surface area contributed by atoms with E-state index in [2.05, 4.69) is 20.2 Å². The molecule has 1 fully saturated rings. The predicted molar refractivity (Wildman–Crippen MR) is 75.0 cm³/mol. The van der Waals surface area contributed by atoms with Crippen molar-refractivity contribution in [3.63, 3.8) is 0 Å². The molecule has 1 aliphatic heterocycles. The number of rotatable bonds is 2. The monoisotopic (exact) mass is 262 g/mol. The topological polar surface area (TPSA) is 58.1 Å². The number of nitrogens with zero attached hydrogens (tertiary/aromatic N) is 3. The standard InChI is InChI=1S/C14H22N4O/c1-10-12(16-7-6-15-10)18-8-5-11(9-18)13(19)17-14(2,3)4/h6-7,11H,5,8-9H2,1-4H3,(H,17,19). The van der Waals surface area contributed by atoms with E-state index < -0.39 is 0 Å². The first kappa shape index (κ1) is 13.8. The molecule has 5 heteroatoms. The van der Waals surface area contributed by atoms with Crippen LogP contribution in [0.4, 0.5) is 5.82 Å². The lowest BCUT2D eigenvalue weighted by atomic mass is 10.0. The fraction of sp³-hybridized carbons (Fsp3) is 0.643. The van der Waals surface area contributed by atoms with Crippen molar-refractivity contribution in [3.05, 3.63) is 18.1 Å². The van der Waals surface area contributed by atoms with Gasteiger partial charge in [-0.15, -0.1) is 0 Å². The first-order valence-corrected chi connectivity index (χ1v) is 6.71. The maximum absolute atomic E-state index is 12.1. The summed E-state index contributed by atoms with van der Waals surface area (Å²) in [4.78, 5) is 22.9. The predicted octanol–water partition coefficient (Wildman–Crippen LogP) is 1.53. The van der Waals surface area contributed by atoms with Gasteiger partial charge in [-0.3, -0.25) is 9.78 Å². The molecule has 1 unspecified atom stereocenters. The average Bonchev–Trinajstić information content (AvgIpc) is 2.76. The van der Waals surface area contributed by atoms with E-state index >= 15 is 0 Å². The molecule has 1 saturated heterocycles. The first-order valence-electron chi connectivity index (χ1n) is 6.71. The summed E-state index contributed by atoms with van der Waals surface area (Å²) in [5, 5.41) is 3.05. The third-order valence-corrected chi connectivity index (χ3v) is 3.21. The number of aryl methyl sites for hydroxylation is 1. The minimum Gasteiger partial charge on any atom is -0.354 e.